The molecule has 0 fully saturated rings. The number of methoxy groups -OCH3 is 1. The van der Waals surface area contributed by atoms with Crippen LogP contribution < -0.4 is 9.47 Å². The van der Waals surface area contributed by atoms with Gasteiger partial charge in [0.25, 0.3) is 0 Å². The van der Waals surface area contributed by atoms with Gasteiger partial charge in [0.2, 0.25) is 5.75 Å². The van der Waals surface area contributed by atoms with E-state index in [0.717, 1.165) is 0 Å². The summed E-state index contributed by atoms with van der Waals surface area (Å²) < 4.78 is 9.77. The predicted molar refractivity (Wildman–Crippen MR) is 54.0 cm³/mol. The molecule has 0 spiro atoms. The van der Waals surface area contributed by atoms with E-state index in [9.17, 15) is 14.7 Å². The van der Waals surface area contributed by atoms with Gasteiger partial charge in [-0.15, -0.1) is 0 Å². The minimum Gasteiger partial charge on any atom is -0.502 e. The molecule has 5 nitrogen and oxygen atoms in total. The van der Waals surface area contributed by atoms with Crippen LogP contribution in [-0.4, -0.2) is 24.0 Å². The summed E-state index contributed by atoms with van der Waals surface area (Å²) in [5.74, 6) is -0.855. The number of phenols is 1. The van der Waals surface area contributed by atoms with E-state index in [2.05, 4.69) is 0 Å². The van der Waals surface area contributed by atoms with Crippen LogP contribution in [0.15, 0.2) is 6.07 Å². The average molecular weight is 222 g/mol. The second-order valence-electron chi connectivity index (χ2n) is 3.50. The number of hydrogen-bond acceptors (Lipinski definition) is 5. The van der Waals surface area contributed by atoms with Gasteiger partial charge in [-0.2, -0.15) is 0 Å². The number of hydrogen-bond donors (Lipinski definition) is 1. The van der Waals surface area contributed by atoms with E-state index in [1.165, 1.54) is 20.1 Å². The highest BCUT2D eigenvalue weighted by Gasteiger charge is 2.29. The van der Waals surface area contributed by atoms with Gasteiger partial charge in [0.05, 0.1) is 19.1 Å². The van der Waals surface area contributed by atoms with Crippen LogP contribution in [0.25, 0.3) is 0 Å². The Morgan fingerprint density at radius 1 is 1.56 bits per heavy atom. The van der Waals surface area contributed by atoms with Gasteiger partial charge in [-0.05, 0) is 13.0 Å². The lowest BCUT2D eigenvalue weighted by Crippen LogP contribution is -2.00. The summed E-state index contributed by atoms with van der Waals surface area (Å²) in [4.78, 5) is 22.4. The molecule has 1 heterocycles. The lowest BCUT2D eigenvalue weighted by molar-refractivity contribution is -0.131. The van der Waals surface area contributed by atoms with Crippen LogP contribution in [0.2, 0.25) is 0 Å². The first kappa shape index (κ1) is 10.5. The number of fused-ring (bicyclic) bond motifs is 1. The Balaban J connectivity index is 2.67. The number of ketones is 1. The van der Waals surface area contributed by atoms with Gasteiger partial charge in [-0.1, -0.05) is 0 Å². The molecule has 0 radical (unpaired) electrons. The molecule has 0 bridgehead atoms. The van der Waals surface area contributed by atoms with Gasteiger partial charge >= 0.3 is 5.97 Å². The van der Waals surface area contributed by atoms with Crippen molar-refractivity contribution >= 4 is 11.8 Å². The molecule has 84 valence electrons. The summed E-state index contributed by atoms with van der Waals surface area (Å²) in [7, 11) is 1.34. The molecule has 0 atom stereocenters. The number of benzene rings is 1. The fourth-order valence-corrected chi connectivity index (χ4v) is 1.71. The molecule has 1 aromatic carbocycles. The molecule has 0 saturated heterocycles. The maximum Gasteiger partial charge on any atom is 0.315 e. The Bertz CT molecular complexity index is 490. The van der Waals surface area contributed by atoms with Gasteiger partial charge in [-0.25, -0.2) is 0 Å². The monoisotopic (exact) mass is 222 g/mol. The first-order chi connectivity index (χ1) is 7.54. The van der Waals surface area contributed by atoms with Crippen molar-refractivity contribution in [2.24, 2.45) is 0 Å². The van der Waals surface area contributed by atoms with Gasteiger partial charge < -0.3 is 14.6 Å². The number of ether oxygens (including phenoxy) is 2. The topological polar surface area (TPSA) is 72.8 Å². The molecule has 1 aliphatic heterocycles. The zero-order valence-corrected chi connectivity index (χ0v) is 8.86. The Morgan fingerprint density at radius 2 is 2.25 bits per heavy atom. The number of carbonyl (C=O) groups excluding carboxylic acids is 2. The van der Waals surface area contributed by atoms with Crippen LogP contribution >= 0.6 is 0 Å². The van der Waals surface area contributed by atoms with E-state index in [4.69, 9.17) is 9.47 Å². The summed E-state index contributed by atoms with van der Waals surface area (Å²) in [6, 6.07) is 1.52. The van der Waals surface area contributed by atoms with Gasteiger partial charge in [-0.3, -0.25) is 9.59 Å². The van der Waals surface area contributed by atoms with E-state index in [1.807, 2.05) is 0 Å². The number of esters is 1. The van der Waals surface area contributed by atoms with Crippen LogP contribution in [0.4, 0.5) is 0 Å². The Hall–Kier alpha value is -2.04. The largest absolute Gasteiger partial charge is 0.502 e. The number of aromatic hydroxyl groups is 1. The number of phenolic OH excluding ortho intramolecular Hbond substituents is 1. The van der Waals surface area contributed by atoms with Gasteiger partial charge in [0, 0.05) is 5.56 Å². The Kier molecular flexibility index (Phi) is 2.30. The smallest absolute Gasteiger partial charge is 0.315 e. The van der Waals surface area contributed by atoms with Crippen molar-refractivity contribution in [1.82, 2.24) is 0 Å². The molecule has 0 saturated carbocycles. The van der Waals surface area contributed by atoms with Crippen molar-refractivity contribution < 1.29 is 24.2 Å². The summed E-state index contributed by atoms with van der Waals surface area (Å²) in [5.41, 5.74) is 0.755. The molecule has 1 N–H and O–H groups in total. The molecule has 0 amide bonds. The lowest BCUT2D eigenvalue weighted by Gasteiger charge is -2.10. The summed E-state index contributed by atoms with van der Waals surface area (Å²) >= 11 is 0. The molecule has 16 heavy (non-hydrogen) atoms. The first-order valence-corrected chi connectivity index (χ1v) is 4.69. The molecular weight excluding hydrogens is 212 g/mol. The predicted octanol–water partition coefficient (Wildman–Crippen LogP) is 1.06. The summed E-state index contributed by atoms with van der Waals surface area (Å²) in [6.45, 7) is 1.36. The maximum atomic E-state index is 11.3. The molecule has 0 aromatic heterocycles. The standard InChI is InChI=1S/C11H10O5/c1-5(12)7-3-6-4-8(13)16-10(6)9(14)11(7)15-2/h3,14H,4H2,1-2H3. The third-order valence-corrected chi connectivity index (χ3v) is 2.42. The Morgan fingerprint density at radius 3 is 2.81 bits per heavy atom. The van der Waals surface area contributed by atoms with Crippen molar-refractivity contribution in [2.75, 3.05) is 7.11 Å². The molecule has 0 unspecified atom stereocenters. The van der Waals surface area contributed by atoms with Crippen LogP contribution in [0, 0.1) is 0 Å². The van der Waals surface area contributed by atoms with E-state index >= 15 is 0 Å². The van der Waals surface area contributed by atoms with E-state index in [0.29, 0.717) is 5.56 Å². The van der Waals surface area contributed by atoms with Crippen LogP contribution in [-0.2, 0) is 11.2 Å². The summed E-state index contributed by atoms with van der Waals surface area (Å²) in [5, 5.41) is 9.80. The van der Waals surface area contributed by atoms with E-state index in [-0.39, 0.29) is 35.0 Å². The van der Waals surface area contributed by atoms with Crippen molar-refractivity contribution in [3.8, 4) is 17.2 Å². The normalized spacial score (nSPS) is 13.2. The molecule has 0 aliphatic carbocycles. The van der Waals surface area contributed by atoms with Crippen molar-refractivity contribution in [2.45, 2.75) is 13.3 Å². The molecule has 2 rings (SSSR count). The van der Waals surface area contributed by atoms with Crippen LogP contribution in [0.3, 0.4) is 0 Å². The SMILES string of the molecule is COc1c(C(C)=O)cc2c(c1O)OC(=O)C2. The highest BCUT2D eigenvalue weighted by molar-refractivity contribution is 5.99. The first-order valence-electron chi connectivity index (χ1n) is 4.69. The quantitative estimate of drug-likeness (QED) is 0.460. The van der Waals surface area contributed by atoms with Crippen LogP contribution in [0.1, 0.15) is 22.8 Å². The van der Waals surface area contributed by atoms with Gasteiger partial charge in [0.1, 0.15) is 0 Å². The minimum atomic E-state index is -0.451. The molecular formula is C11H10O5. The van der Waals surface area contributed by atoms with Crippen molar-refractivity contribution in [3.05, 3.63) is 17.2 Å². The van der Waals surface area contributed by atoms with Crippen LogP contribution in [0.5, 0.6) is 17.2 Å². The van der Waals surface area contributed by atoms with Crippen molar-refractivity contribution in [3.63, 3.8) is 0 Å². The fraction of sp³-hybridized carbons (Fsp3) is 0.273. The van der Waals surface area contributed by atoms with Gasteiger partial charge in [0.15, 0.2) is 17.3 Å². The highest BCUT2D eigenvalue weighted by atomic mass is 16.5. The number of Topliss-reactive ketones (excluding diaryl/α,β-unsaturated/α-hetero) is 1. The number of rotatable bonds is 2. The Labute approximate surface area is 91.6 Å². The fourth-order valence-electron chi connectivity index (χ4n) is 1.71. The third-order valence-electron chi connectivity index (χ3n) is 2.42. The average Bonchev–Trinajstić information content (AvgIpc) is 2.58. The minimum absolute atomic E-state index is 0.0425. The zero-order valence-electron chi connectivity index (χ0n) is 8.86. The second-order valence-corrected chi connectivity index (χ2v) is 3.50. The van der Waals surface area contributed by atoms with Crippen molar-refractivity contribution in [1.29, 1.82) is 0 Å². The zero-order chi connectivity index (χ0) is 11.9. The molecule has 1 aromatic rings. The number of carbonyl (C=O) groups is 2. The highest BCUT2D eigenvalue weighted by Crippen LogP contribution is 2.44. The summed E-state index contributed by atoms with van der Waals surface area (Å²) in [6.07, 6.45) is 0.0627. The molecule has 5 heteroatoms. The van der Waals surface area contributed by atoms with E-state index in [1.54, 1.807) is 0 Å². The maximum absolute atomic E-state index is 11.3. The molecule has 1 aliphatic rings. The van der Waals surface area contributed by atoms with E-state index < -0.39 is 5.97 Å². The third kappa shape index (κ3) is 1.41. The second kappa shape index (κ2) is 3.52. The lowest BCUT2D eigenvalue weighted by atomic mass is 10.0.